The van der Waals surface area contributed by atoms with Crippen LogP contribution in [0.25, 0.3) is 0 Å². The lowest BCUT2D eigenvalue weighted by Crippen LogP contribution is -2.45. The Balaban J connectivity index is 1.77. The summed E-state index contributed by atoms with van der Waals surface area (Å²) in [6.45, 7) is 7.14. The number of halogens is 1. The Hall–Kier alpha value is -2.54. The molecule has 1 atom stereocenters. The van der Waals surface area contributed by atoms with Gasteiger partial charge in [0, 0.05) is 45.3 Å². The highest BCUT2D eigenvalue weighted by Crippen LogP contribution is 2.21. The molecule has 0 spiro atoms. The lowest BCUT2D eigenvalue weighted by molar-refractivity contribution is 0.0694. The molecule has 0 aliphatic carbocycles. The van der Waals surface area contributed by atoms with Crippen molar-refractivity contribution in [1.29, 1.82) is 0 Å². The second-order valence-electron chi connectivity index (χ2n) is 7.69. The molecule has 0 radical (unpaired) electrons. The van der Waals surface area contributed by atoms with Crippen LogP contribution in [0.3, 0.4) is 0 Å². The largest absolute Gasteiger partial charge is 0.336 e. The molecule has 2 heterocycles. The first-order valence-electron chi connectivity index (χ1n) is 9.67. The standard InChI is InChI=1S/C21H27FN4O2/c1-15(2)19-14-26(21(28)18-9-10-20(27)24(3)23-18)12-4-11-25(19)13-16-5-7-17(22)8-6-16/h5-10,15,19H,4,11-14H2,1-3H3/t19-/m0/s1. The van der Waals surface area contributed by atoms with Crippen molar-refractivity contribution in [2.24, 2.45) is 13.0 Å². The van der Waals surface area contributed by atoms with Crippen molar-refractivity contribution in [2.45, 2.75) is 32.9 Å². The van der Waals surface area contributed by atoms with Crippen molar-refractivity contribution in [3.8, 4) is 0 Å². The van der Waals surface area contributed by atoms with Gasteiger partial charge in [0.1, 0.15) is 11.5 Å². The fraction of sp³-hybridized carbons (Fsp3) is 0.476. The Morgan fingerprint density at radius 1 is 1.18 bits per heavy atom. The molecule has 1 aromatic heterocycles. The Bertz CT molecular complexity index is 879. The van der Waals surface area contributed by atoms with Crippen molar-refractivity contribution in [1.82, 2.24) is 19.6 Å². The number of rotatable bonds is 4. The Kier molecular flexibility index (Phi) is 6.24. The van der Waals surface area contributed by atoms with E-state index in [9.17, 15) is 14.0 Å². The molecule has 0 bridgehead atoms. The summed E-state index contributed by atoms with van der Waals surface area (Å²) >= 11 is 0. The number of carbonyl (C=O) groups excluding carboxylic acids is 1. The van der Waals surface area contributed by atoms with Crippen LogP contribution in [0, 0.1) is 11.7 Å². The first-order chi connectivity index (χ1) is 13.3. The van der Waals surface area contributed by atoms with E-state index in [1.54, 1.807) is 7.05 Å². The van der Waals surface area contributed by atoms with Gasteiger partial charge in [0.2, 0.25) is 0 Å². The number of amides is 1. The monoisotopic (exact) mass is 386 g/mol. The number of aryl methyl sites for hydroxylation is 1. The zero-order valence-corrected chi connectivity index (χ0v) is 16.6. The summed E-state index contributed by atoms with van der Waals surface area (Å²) in [6, 6.07) is 9.65. The van der Waals surface area contributed by atoms with E-state index in [1.807, 2.05) is 17.0 Å². The quantitative estimate of drug-likeness (QED) is 0.809. The van der Waals surface area contributed by atoms with E-state index in [2.05, 4.69) is 23.8 Å². The number of carbonyl (C=O) groups is 1. The van der Waals surface area contributed by atoms with Crippen LogP contribution in [0.2, 0.25) is 0 Å². The van der Waals surface area contributed by atoms with Gasteiger partial charge >= 0.3 is 0 Å². The van der Waals surface area contributed by atoms with Crippen LogP contribution < -0.4 is 5.56 Å². The molecule has 1 fully saturated rings. The van der Waals surface area contributed by atoms with Gasteiger partial charge in [-0.15, -0.1) is 0 Å². The van der Waals surface area contributed by atoms with E-state index in [4.69, 9.17) is 0 Å². The van der Waals surface area contributed by atoms with Gasteiger partial charge in [-0.05, 0) is 36.1 Å². The highest BCUT2D eigenvalue weighted by atomic mass is 19.1. The summed E-state index contributed by atoms with van der Waals surface area (Å²) < 4.78 is 14.4. The first kappa shape index (κ1) is 20.2. The predicted molar refractivity (Wildman–Crippen MR) is 105 cm³/mol. The molecule has 1 amide bonds. The molecule has 6 nitrogen and oxygen atoms in total. The molecule has 0 N–H and O–H groups in total. The number of nitrogens with zero attached hydrogens (tertiary/aromatic N) is 4. The van der Waals surface area contributed by atoms with E-state index in [0.29, 0.717) is 19.0 Å². The second kappa shape index (κ2) is 8.65. The van der Waals surface area contributed by atoms with Gasteiger partial charge in [-0.2, -0.15) is 5.10 Å². The van der Waals surface area contributed by atoms with E-state index in [0.717, 1.165) is 25.1 Å². The molecule has 3 rings (SSSR count). The molecule has 1 saturated heterocycles. The molecule has 1 aliphatic rings. The third-order valence-corrected chi connectivity index (χ3v) is 5.29. The van der Waals surface area contributed by atoms with Crippen LogP contribution in [0.1, 0.15) is 36.3 Å². The van der Waals surface area contributed by atoms with Gasteiger partial charge in [-0.1, -0.05) is 26.0 Å². The summed E-state index contributed by atoms with van der Waals surface area (Å²) in [5.41, 5.74) is 1.11. The lowest BCUT2D eigenvalue weighted by atomic mass is 10.0. The lowest BCUT2D eigenvalue weighted by Gasteiger charge is -2.34. The minimum Gasteiger partial charge on any atom is -0.336 e. The molecular weight excluding hydrogens is 359 g/mol. The molecule has 1 aromatic carbocycles. The van der Waals surface area contributed by atoms with E-state index in [-0.39, 0.29) is 29.0 Å². The third kappa shape index (κ3) is 4.65. The molecular formula is C21H27FN4O2. The van der Waals surface area contributed by atoms with Gasteiger partial charge in [0.05, 0.1) is 0 Å². The summed E-state index contributed by atoms with van der Waals surface area (Å²) in [5, 5.41) is 4.11. The zero-order valence-electron chi connectivity index (χ0n) is 16.6. The maximum Gasteiger partial charge on any atom is 0.274 e. The van der Waals surface area contributed by atoms with Crippen LogP contribution in [0.15, 0.2) is 41.2 Å². The Labute approximate surface area is 164 Å². The van der Waals surface area contributed by atoms with Crippen molar-refractivity contribution in [3.05, 3.63) is 63.8 Å². The van der Waals surface area contributed by atoms with Crippen molar-refractivity contribution in [3.63, 3.8) is 0 Å². The topological polar surface area (TPSA) is 58.4 Å². The smallest absolute Gasteiger partial charge is 0.274 e. The van der Waals surface area contributed by atoms with E-state index in [1.165, 1.54) is 28.9 Å². The molecule has 0 saturated carbocycles. The molecule has 2 aromatic rings. The Morgan fingerprint density at radius 3 is 2.54 bits per heavy atom. The van der Waals surface area contributed by atoms with E-state index < -0.39 is 0 Å². The van der Waals surface area contributed by atoms with Gasteiger partial charge in [0.15, 0.2) is 0 Å². The van der Waals surface area contributed by atoms with Crippen molar-refractivity contribution in [2.75, 3.05) is 19.6 Å². The Morgan fingerprint density at radius 2 is 1.89 bits per heavy atom. The maximum atomic E-state index is 13.2. The summed E-state index contributed by atoms with van der Waals surface area (Å²) in [7, 11) is 1.54. The van der Waals surface area contributed by atoms with Crippen LogP contribution in [-0.4, -0.2) is 51.2 Å². The SMILES string of the molecule is CC(C)[C@@H]1CN(C(=O)c2ccc(=O)n(C)n2)CCCN1Cc1ccc(F)cc1. The van der Waals surface area contributed by atoms with E-state index >= 15 is 0 Å². The fourth-order valence-electron chi connectivity index (χ4n) is 3.68. The zero-order chi connectivity index (χ0) is 20.3. The van der Waals surface area contributed by atoms with Gasteiger partial charge in [-0.3, -0.25) is 14.5 Å². The predicted octanol–water partition coefficient (Wildman–Crippen LogP) is 2.29. The first-order valence-corrected chi connectivity index (χ1v) is 9.67. The molecule has 7 heteroatoms. The summed E-state index contributed by atoms with van der Waals surface area (Å²) in [4.78, 5) is 28.7. The molecule has 28 heavy (non-hydrogen) atoms. The van der Waals surface area contributed by atoms with Gasteiger partial charge < -0.3 is 4.90 Å². The number of aromatic nitrogens is 2. The average Bonchev–Trinajstić information content (AvgIpc) is 2.88. The van der Waals surface area contributed by atoms with Crippen LogP contribution >= 0.6 is 0 Å². The van der Waals surface area contributed by atoms with Gasteiger partial charge in [-0.25, -0.2) is 9.07 Å². The third-order valence-electron chi connectivity index (χ3n) is 5.29. The number of benzene rings is 1. The normalized spacial score (nSPS) is 18.3. The van der Waals surface area contributed by atoms with Crippen LogP contribution in [0.5, 0.6) is 0 Å². The maximum absolute atomic E-state index is 13.2. The summed E-state index contributed by atoms with van der Waals surface area (Å²) in [5.74, 6) is -0.0339. The van der Waals surface area contributed by atoms with Crippen molar-refractivity contribution < 1.29 is 9.18 Å². The average molecular weight is 386 g/mol. The number of hydrogen-bond donors (Lipinski definition) is 0. The minimum absolute atomic E-state index is 0.148. The summed E-state index contributed by atoms with van der Waals surface area (Å²) in [6.07, 6.45) is 0.849. The second-order valence-corrected chi connectivity index (χ2v) is 7.69. The number of hydrogen-bond acceptors (Lipinski definition) is 4. The van der Waals surface area contributed by atoms with Gasteiger partial charge in [0.25, 0.3) is 11.5 Å². The molecule has 0 unspecified atom stereocenters. The van der Waals surface area contributed by atoms with Crippen molar-refractivity contribution >= 4 is 5.91 Å². The highest BCUT2D eigenvalue weighted by molar-refractivity contribution is 5.92. The van der Waals surface area contributed by atoms with Crippen LogP contribution in [-0.2, 0) is 13.6 Å². The van der Waals surface area contributed by atoms with Crippen LogP contribution in [0.4, 0.5) is 4.39 Å². The molecule has 150 valence electrons. The highest BCUT2D eigenvalue weighted by Gasteiger charge is 2.30. The molecule has 1 aliphatic heterocycles. The fourth-order valence-corrected chi connectivity index (χ4v) is 3.68. The minimum atomic E-state index is -0.238.